The normalized spacial score (nSPS) is 11.4. The van der Waals surface area contributed by atoms with E-state index in [2.05, 4.69) is 0 Å². The van der Waals surface area contributed by atoms with Crippen LogP contribution in [0.15, 0.2) is 46.0 Å². The van der Waals surface area contributed by atoms with Crippen LogP contribution in [0.2, 0.25) is 0 Å². The highest BCUT2D eigenvalue weighted by atomic mass is 32.2. The molecule has 0 saturated heterocycles. The van der Waals surface area contributed by atoms with Gasteiger partial charge in [-0.25, -0.2) is 8.42 Å². The van der Waals surface area contributed by atoms with Crippen LogP contribution in [-0.4, -0.2) is 19.8 Å². The molecule has 1 aromatic carbocycles. The molecule has 6 heteroatoms. The van der Waals surface area contributed by atoms with Gasteiger partial charge in [0.15, 0.2) is 0 Å². The van der Waals surface area contributed by atoms with Crippen LogP contribution in [0.5, 0.6) is 0 Å². The van der Waals surface area contributed by atoms with E-state index in [-0.39, 0.29) is 6.54 Å². The van der Waals surface area contributed by atoms with Gasteiger partial charge in [-0.2, -0.15) is 9.57 Å². The van der Waals surface area contributed by atoms with Crippen molar-refractivity contribution in [2.45, 2.75) is 10.8 Å². The van der Waals surface area contributed by atoms with E-state index in [0.717, 1.165) is 5.56 Å². The van der Waals surface area contributed by atoms with E-state index >= 15 is 0 Å². The van der Waals surface area contributed by atoms with Gasteiger partial charge in [0.1, 0.15) is 4.21 Å². The molecule has 0 unspecified atom stereocenters. The number of nitrogens with zero attached hydrogens (tertiary/aromatic N) is 2. The predicted octanol–water partition coefficient (Wildman–Crippen LogP) is 2.44. The lowest BCUT2D eigenvalue weighted by Crippen LogP contribution is -2.25. The monoisotopic (exact) mass is 292 g/mol. The number of thiophene rings is 1. The number of rotatable bonds is 4. The summed E-state index contributed by atoms with van der Waals surface area (Å²) < 4.78 is 26.1. The first kappa shape index (κ1) is 13.7. The molecule has 1 heterocycles. The van der Waals surface area contributed by atoms with E-state index in [4.69, 9.17) is 5.26 Å². The van der Waals surface area contributed by atoms with Crippen molar-refractivity contribution < 1.29 is 8.42 Å². The van der Waals surface area contributed by atoms with Gasteiger partial charge in [0.25, 0.3) is 10.0 Å². The molecular weight excluding hydrogens is 280 g/mol. The van der Waals surface area contributed by atoms with Crippen molar-refractivity contribution in [2.24, 2.45) is 0 Å². The Balaban J connectivity index is 2.17. The third kappa shape index (κ3) is 3.01. The van der Waals surface area contributed by atoms with Gasteiger partial charge in [-0.1, -0.05) is 18.2 Å². The molecule has 0 aliphatic rings. The number of hydrogen-bond donors (Lipinski definition) is 0. The Labute approximate surface area is 116 Å². The molecule has 98 valence electrons. The molecule has 0 N–H and O–H groups in total. The molecule has 1 aromatic heterocycles. The van der Waals surface area contributed by atoms with Gasteiger partial charge in [0.05, 0.1) is 11.6 Å². The zero-order chi connectivity index (χ0) is 13.9. The van der Waals surface area contributed by atoms with Crippen molar-refractivity contribution in [3.63, 3.8) is 0 Å². The highest BCUT2D eigenvalue weighted by Gasteiger charge is 2.21. The van der Waals surface area contributed by atoms with E-state index in [1.165, 1.54) is 15.6 Å². The summed E-state index contributed by atoms with van der Waals surface area (Å²) in [6, 6.07) is 12.2. The van der Waals surface area contributed by atoms with Crippen molar-refractivity contribution in [3.8, 4) is 6.07 Å². The van der Waals surface area contributed by atoms with Crippen LogP contribution in [0.3, 0.4) is 0 Å². The fourth-order valence-corrected chi connectivity index (χ4v) is 3.95. The molecule has 4 nitrogen and oxygen atoms in total. The lowest BCUT2D eigenvalue weighted by molar-refractivity contribution is 0.468. The second-order valence-electron chi connectivity index (χ2n) is 4.00. The first-order valence-corrected chi connectivity index (χ1v) is 7.85. The minimum absolute atomic E-state index is 0.284. The Kier molecular flexibility index (Phi) is 4.00. The van der Waals surface area contributed by atoms with Gasteiger partial charge in [0, 0.05) is 13.6 Å². The average Bonchev–Trinajstić information content (AvgIpc) is 2.94. The van der Waals surface area contributed by atoms with Gasteiger partial charge in [-0.15, -0.1) is 11.3 Å². The highest BCUT2D eigenvalue weighted by molar-refractivity contribution is 7.91. The summed E-state index contributed by atoms with van der Waals surface area (Å²) in [5.74, 6) is 0. The maximum Gasteiger partial charge on any atom is 0.252 e. The van der Waals surface area contributed by atoms with E-state index in [0.29, 0.717) is 9.77 Å². The SMILES string of the molecule is CN(Cc1ccc(C#N)cc1)S(=O)(=O)c1cccs1. The number of sulfonamides is 1. The first-order valence-electron chi connectivity index (χ1n) is 5.53. The minimum atomic E-state index is -3.42. The van der Waals surface area contributed by atoms with Crippen molar-refractivity contribution in [1.29, 1.82) is 5.26 Å². The number of nitriles is 1. The molecule has 19 heavy (non-hydrogen) atoms. The maximum atomic E-state index is 12.2. The van der Waals surface area contributed by atoms with Crippen LogP contribution >= 0.6 is 11.3 Å². The minimum Gasteiger partial charge on any atom is -0.206 e. The summed E-state index contributed by atoms with van der Waals surface area (Å²) in [4.78, 5) is 0. The molecule has 0 atom stereocenters. The summed E-state index contributed by atoms with van der Waals surface area (Å²) >= 11 is 1.20. The standard InChI is InChI=1S/C13H12N2O2S2/c1-15(19(16,17)13-3-2-8-18-13)10-12-6-4-11(9-14)5-7-12/h2-8H,10H2,1H3. The van der Waals surface area contributed by atoms with Crippen LogP contribution in [0.25, 0.3) is 0 Å². The zero-order valence-electron chi connectivity index (χ0n) is 10.3. The van der Waals surface area contributed by atoms with Crippen molar-refractivity contribution in [3.05, 3.63) is 52.9 Å². The molecule has 0 saturated carbocycles. The topological polar surface area (TPSA) is 61.2 Å². The molecule has 0 amide bonds. The lowest BCUT2D eigenvalue weighted by atomic mass is 10.1. The van der Waals surface area contributed by atoms with E-state index in [9.17, 15) is 8.42 Å². The lowest BCUT2D eigenvalue weighted by Gasteiger charge is -2.16. The predicted molar refractivity (Wildman–Crippen MR) is 74.1 cm³/mol. The number of benzene rings is 1. The van der Waals surface area contributed by atoms with Gasteiger partial charge in [-0.05, 0) is 29.1 Å². The quantitative estimate of drug-likeness (QED) is 0.869. The fourth-order valence-electron chi connectivity index (χ4n) is 1.59. The molecule has 0 spiro atoms. The number of hydrogen-bond acceptors (Lipinski definition) is 4. The van der Waals surface area contributed by atoms with Crippen LogP contribution in [-0.2, 0) is 16.6 Å². The zero-order valence-corrected chi connectivity index (χ0v) is 11.9. The molecule has 2 rings (SSSR count). The third-order valence-corrected chi connectivity index (χ3v) is 5.82. The van der Waals surface area contributed by atoms with Crippen molar-refractivity contribution in [1.82, 2.24) is 4.31 Å². The smallest absolute Gasteiger partial charge is 0.206 e. The van der Waals surface area contributed by atoms with Gasteiger partial charge in [0.2, 0.25) is 0 Å². The molecule has 0 fully saturated rings. The largest absolute Gasteiger partial charge is 0.252 e. The fraction of sp³-hybridized carbons (Fsp3) is 0.154. The Morgan fingerprint density at radius 3 is 2.47 bits per heavy atom. The van der Waals surface area contributed by atoms with Gasteiger partial charge < -0.3 is 0 Å². The first-order chi connectivity index (χ1) is 9.04. The van der Waals surface area contributed by atoms with E-state index < -0.39 is 10.0 Å². The van der Waals surface area contributed by atoms with E-state index in [1.807, 2.05) is 6.07 Å². The molecule has 2 aromatic rings. The van der Waals surface area contributed by atoms with Crippen LogP contribution in [0.1, 0.15) is 11.1 Å². The Morgan fingerprint density at radius 1 is 1.26 bits per heavy atom. The van der Waals surface area contributed by atoms with Gasteiger partial charge in [-0.3, -0.25) is 0 Å². The van der Waals surface area contributed by atoms with Crippen molar-refractivity contribution >= 4 is 21.4 Å². The molecular formula is C13H12N2O2S2. The molecule has 0 bridgehead atoms. The van der Waals surface area contributed by atoms with Crippen LogP contribution in [0, 0.1) is 11.3 Å². The summed E-state index contributed by atoms with van der Waals surface area (Å²) in [5, 5.41) is 10.4. The Bertz CT molecular complexity index is 683. The summed E-state index contributed by atoms with van der Waals surface area (Å²) in [6.07, 6.45) is 0. The average molecular weight is 292 g/mol. The van der Waals surface area contributed by atoms with Crippen LogP contribution in [0.4, 0.5) is 0 Å². The van der Waals surface area contributed by atoms with Gasteiger partial charge >= 0.3 is 0 Å². The molecule has 0 radical (unpaired) electrons. The van der Waals surface area contributed by atoms with E-state index in [1.54, 1.807) is 48.8 Å². The third-order valence-electron chi connectivity index (χ3n) is 2.65. The maximum absolute atomic E-state index is 12.2. The van der Waals surface area contributed by atoms with Crippen LogP contribution < -0.4 is 0 Å². The highest BCUT2D eigenvalue weighted by Crippen LogP contribution is 2.21. The Hall–Kier alpha value is -1.68. The summed E-state index contributed by atoms with van der Waals surface area (Å²) in [5.41, 5.74) is 1.41. The molecule has 0 aliphatic carbocycles. The second-order valence-corrected chi connectivity index (χ2v) is 7.22. The summed E-state index contributed by atoms with van der Waals surface area (Å²) in [7, 11) is -1.87. The summed E-state index contributed by atoms with van der Waals surface area (Å²) in [6.45, 7) is 0.284. The second kappa shape index (κ2) is 5.53. The van der Waals surface area contributed by atoms with Crippen molar-refractivity contribution in [2.75, 3.05) is 7.05 Å². The molecule has 0 aliphatic heterocycles. The Morgan fingerprint density at radius 2 is 1.95 bits per heavy atom.